The summed E-state index contributed by atoms with van der Waals surface area (Å²) in [5.41, 5.74) is 0.464. The highest BCUT2D eigenvalue weighted by Gasteiger charge is 2.19. The van der Waals surface area contributed by atoms with Crippen molar-refractivity contribution in [1.29, 1.82) is 0 Å². The van der Waals surface area contributed by atoms with Gasteiger partial charge in [0.1, 0.15) is 0 Å². The molecule has 0 bridgehead atoms. The lowest BCUT2D eigenvalue weighted by atomic mass is 9.97. The van der Waals surface area contributed by atoms with E-state index in [4.69, 9.17) is 0 Å². The molecule has 0 saturated heterocycles. The van der Waals surface area contributed by atoms with E-state index in [1.54, 1.807) is 0 Å². The molecule has 0 aliphatic heterocycles. The average molecular weight is 369 g/mol. The molecule has 0 aliphatic carbocycles. The average Bonchev–Trinajstić information content (AvgIpc) is 2.62. The third kappa shape index (κ3) is 20.3. The van der Waals surface area contributed by atoms with Crippen LogP contribution in [0.1, 0.15) is 150 Å². The van der Waals surface area contributed by atoms with Gasteiger partial charge in [0.25, 0.3) is 0 Å². The predicted molar refractivity (Wildman–Crippen MR) is 120 cm³/mol. The zero-order valence-electron chi connectivity index (χ0n) is 19.2. The Morgan fingerprint density at radius 1 is 0.462 bits per heavy atom. The van der Waals surface area contributed by atoms with Gasteiger partial charge in [-0.15, -0.1) is 0 Å². The zero-order chi connectivity index (χ0) is 19.3. The van der Waals surface area contributed by atoms with E-state index in [0.717, 1.165) is 0 Å². The van der Waals surface area contributed by atoms with Gasteiger partial charge in [0, 0.05) is 6.42 Å². The largest absolute Gasteiger partial charge is 0.342 e. The fraction of sp³-hybridized carbons (Fsp3) is 1.00. The molecule has 0 aromatic heterocycles. The Labute approximate surface area is 167 Å². The smallest absolute Gasteiger partial charge is 0.0904 e. The Balaban J connectivity index is 3.13. The molecule has 26 heavy (non-hydrogen) atoms. The topological polar surface area (TPSA) is 16.6 Å². The first-order chi connectivity index (χ1) is 12.6. The summed E-state index contributed by atoms with van der Waals surface area (Å²) in [7, 11) is 0. The minimum atomic E-state index is 0.464. The molecule has 2 N–H and O–H groups in total. The summed E-state index contributed by atoms with van der Waals surface area (Å²) in [6, 6.07) is 0. The van der Waals surface area contributed by atoms with Crippen molar-refractivity contribution in [3.63, 3.8) is 0 Å². The SMILES string of the molecule is CCCCCCCCCCCCCCCCCC[NH2+]C(C)(C)CCCC. The fourth-order valence-corrected chi connectivity index (χ4v) is 3.92. The van der Waals surface area contributed by atoms with Crippen LogP contribution in [0.15, 0.2) is 0 Å². The molecule has 0 saturated carbocycles. The quantitative estimate of drug-likeness (QED) is 0.199. The summed E-state index contributed by atoms with van der Waals surface area (Å²) in [5.74, 6) is 0. The normalized spacial score (nSPS) is 12.0. The van der Waals surface area contributed by atoms with Crippen molar-refractivity contribution in [2.75, 3.05) is 6.54 Å². The van der Waals surface area contributed by atoms with Crippen LogP contribution < -0.4 is 5.32 Å². The Hall–Kier alpha value is -0.0400. The molecule has 0 aromatic carbocycles. The molecule has 0 rings (SSSR count). The molecule has 0 aliphatic rings. The summed E-state index contributed by atoms with van der Waals surface area (Å²) in [6.07, 6.45) is 27.4. The van der Waals surface area contributed by atoms with Crippen molar-refractivity contribution >= 4 is 0 Å². The Morgan fingerprint density at radius 2 is 0.808 bits per heavy atom. The molecule has 0 heterocycles. The number of hydrogen-bond donors (Lipinski definition) is 1. The fourth-order valence-electron chi connectivity index (χ4n) is 3.92. The Morgan fingerprint density at radius 3 is 1.19 bits per heavy atom. The predicted octanol–water partition coefficient (Wildman–Crippen LogP) is 7.78. The minimum Gasteiger partial charge on any atom is -0.342 e. The maximum absolute atomic E-state index is 2.59. The monoisotopic (exact) mass is 368 g/mol. The van der Waals surface area contributed by atoms with E-state index in [9.17, 15) is 0 Å². The van der Waals surface area contributed by atoms with Gasteiger partial charge in [-0.1, -0.05) is 110 Å². The molecule has 1 nitrogen and oxygen atoms in total. The third-order valence-corrected chi connectivity index (χ3v) is 5.93. The molecule has 0 atom stereocenters. The van der Waals surface area contributed by atoms with E-state index >= 15 is 0 Å². The molecule has 1 heteroatoms. The second-order valence-corrected chi connectivity index (χ2v) is 9.39. The number of nitrogens with two attached hydrogens (primary N) is 1. The van der Waals surface area contributed by atoms with Crippen LogP contribution in [0.4, 0.5) is 0 Å². The second kappa shape index (κ2) is 19.7. The minimum absolute atomic E-state index is 0.464. The maximum atomic E-state index is 2.59. The van der Waals surface area contributed by atoms with Gasteiger partial charge < -0.3 is 5.32 Å². The van der Waals surface area contributed by atoms with Crippen LogP contribution in [-0.4, -0.2) is 12.1 Å². The van der Waals surface area contributed by atoms with Crippen molar-refractivity contribution < 1.29 is 5.32 Å². The summed E-state index contributed by atoms with van der Waals surface area (Å²) >= 11 is 0. The highest BCUT2D eigenvalue weighted by Crippen LogP contribution is 2.13. The lowest BCUT2D eigenvalue weighted by Crippen LogP contribution is -2.95. The van der Waals surface area contributed by atoms with Crippen molar-refractivity contribution in [2.24, 2.45) is 0 Å². The zero-order valence-corrected chi connectivity index (χ0v) is 19.2. The van der Waals surface area contributed by atoms with Crippen LogP contribution in [0.25, 0.3) is 0 Å². The molecule has 0 spiro atoms. The summed E-state index contributed by atoms with van der Waals surface area (Å²) in [6.45, 7) is 10.7. The number of rotatable bonds is 21. The molecule has 0 amide bonds. The van der Waals surface area contributed by atoms with Crippen LogP contribution >= 0.6 is 0 Å². The van der Waals surface area contributed by atoms with Gasteiger partial charge in [-0.05, 0) is 33.1 Å². The molecule has 0 aromatic rings. The van der Waals surface area contributed by atoms with Gasteiger partial charge in [-0.25, -0.2) is 0 Å². The van der Waals surface area contributed by atoms with Gasteiger partial charge in [0.15, 0.2) is 0 Å². The highest BCUT2D eigenvalue weighted by molar-refractivity contribution is 4.63. The van der Waals surface area contributed by atoms with Crippen molar-refractivity contribution in [2.45, 2.75) is 155 Å². The van der Waals surface area contributed by atoms with Gasteiger partial charge in [-0.2, -0.15) is 0 Å². The molecule has 158 valence electrons. The van der Waals surface area contributed by atoms with Crippen LogP contribution in [0.5, 0.6) is 0 Å². The highest BCUT2D eigenvalue weighted by atomic mass is 14.9. The van der Waals surface area contributed by atoms with E-state index < -0.39 is 0 Å². The van der Waals surface area contributed by atoms with E-state index in [1.807, 2.05) is 0 Å². The van der Waals surface area contributed by atoms with Crippen LogP contribution in [-0.2, 0) is 0 Å². The molecule has 0 fully saturated rings. The summed E-state index contributed by atoms with van der Waals surface area (Å²) in [5, 5.41) is 2.59. The lowest BCUT2D eigenvalue weighted by Gasteiger charge is -2.22. The molecular formula is C25H54N+. The van der Waals surface area contributed by atoms with E-state index in [1.165, 1.54) is 129 Å². The Bertz CT molecular complexity index is 259. The van der Waals surface area contributed by atoms with Crippen LogP contribution in [0.3, 0.4) is 0 Å². The maximum Gasteiger partial charge on any atom is 0.0904 e. The standard InChI is InChI=1S/C25H53N/c1-5-7-9-10-11-12-13-14-15-16-17-18-19-20-21-22-24-26-25(3,4)23-8-6-2/h26H,5-24H2,1-4H3/p+1. The summed E-state index contributed by atoms with van der Waals surface area (Å²) < 4.78 is 0. The van der Waals surface area contributed by atoms with Crippen molar-refractivity contribution in [3.05, 3.63) is 0 Å². The molecule has 0 unspecified atom stereocenters. The lowest BCUT2D eigenvalue weighted by molar-refractivity contribution is -0.721. The first-order valence-electron chi connectivity index (χ1n) is 12.5. The first-order valence-corrected chi connectivity index (χ1v) is 12.5. The number of unbranched alkanes of at least 4 members (excludes halogenated alkanes) is 16. The van der Waals surface area contributed by atoms with Crippen molar-refractivity contribution in [1.82, 2.24) is 0 Å². The number of quaternary nitrogens is 1. The van der Waals surface area contributed by atoms with Crippen molar-refractivity contribution in [3.8, 4) is 0 Å². The molecule has 0 radical (unpaired) electrons. The third-order valence-electron chi connectivity index (χ3n) is 5.93. The first kappa shape index (κ1) is 26.0. The van der Waals surface area contributed by atoms with E-state index in [0.29, 0.717) is 5.54 Å². The second-order valence-electron chi connectivity index (χ2n) is 9.39. The van der Waals surface area contributed by atoms with E-state index in [2.05, 4.69) is 33.0 Å². The van der Waals surface area contributed by atoms with E-state index in [-0.39, 0.29) is 0 Å². The number of hydrogen-bond acceptors (Lipinski definition) is 0. The van der Waals surface area contributed by atoms with Gasteiger partial charge in [-0.3, -0.25) is 0 Å². The Kier molecular flexibility index (Phi) is 19.7. The van der Waals surface area contributed by atoms with Crippen LogP contribution in [0.2, 0.25) is 0 Å². The van der Waals surface area contributed by atoms with Crippen LogP contribution in [0, 0.1) is 0 Å². The summed E-state index contributed by atoms with van der Waals surface area (Å²) in [4.78, 5) is 0. The van der Waals surface area contributed by atoms with Gasteiger partial charge in [0.2, 0.25) is 0 Å². The molecular weight excluding hydrogens is 314 g/mol. The van der Waals surface area contributed by atoms with Gasteiger partial charge >= 0.3 is 0 Å². The van der Waals surface area contributed by atoms with Gasteiger partial charge in [0.05, 0.1) is 12.1 Å².